The van der Waals surface area contributed by atoms with E-state index in [0.29, 0.717) is 23.9 Å². The van der Waals surface area contributed by atoms with E-state index in [4.69, 9.17) is 10.00 Å². The predicted octanol–water partition coefficient (Wildman–Crippen LogP) is 2.69. The fourth-order valence-corrected chi connectivity index (χ4v) is 1.45. The summed E-state index contributed by atoms with van der Waals surface area (Å²) in [5.41, 5.74) is 1.09. The smallest absolute Gasteiger partial charge is 0.213 e. The number of hydrogen-bond acceptors (Lipinski definition) is 4. The average molecular weight is 290 g/mol. The molecule has 0 unspecified atom stereocenters. The minimum atomic E-state index is 0.296. The van der Waals surface area contributed by atoms with Gasteiger partial charge in [0.2, 0.25) is 5.88 Å². The Balaban J connectivity index is 2.02. The van der Waals surface area contributed by atoms with Crippen molar-refractivity contribution in [2.75, 3.05) is 0 Å². The normalized spacial score (nSPS) is 9.65. The first kappa shape index (κ1) is 11.6. The Labute approximate surface area is 107 Å². The van der Waals surface area contributed by atoms with Gasteiger partial charge in [0, 0.05) is 16.7 Å². The molecular formula is C12H8BrN3O. The SMILES string of the molecule is N#Cc1cccc(COc2ccc(Br)cn2)n1. The molecule has 0 aliphatic rings. The largest absolute Gasteiger partial charge is 0.471 e. The topological polar surface area (TPSA) is 58.8 Å². The Kier molecular flexibility index (Phi) is 3.68. The molecule has 0 N–H and O–H groups in total. The Morgan fingerprint density at radius 3 is 2.88 bits per heavy atom. The average Bonchev–Trinajstić information content (AvgIpc) is 2.38. The molecule has 0 bridgehead atoms. The van der Waals surface area contributed by atoms with Crippen molar-refractivity contribution >= 4 is 15.9 Å². The Morgan fingerprint density at radius 2 is 2.18 bits per heavy atom. The lowest BCUT2D eigenvalue weighted by Crippen LogP contribution is -2.00. The number of halogens is 1. The van der Waals surface area contributed by atoms with Crippen LogP contribution in [0.25, 0.3) is 0 Å². The molecular weight excluding hydrogens is 282 g/mol. The molecule has 5 heteroatoms. The summed E-state index contributed by atoms with van der Waals surface area (Å²) < 4.78 is 6.34. The van der Waals surface area contributed by atoms with E-state index >= 15 is 0 Å². The molecule has 0 aliphatic carbocycles. The molecule has 0 amide bonds. The third-order valence-electron chi connectivity index (χ3n) is 1.99. The van der Waals surface area contributed by atoms with Crippen LogP contribution in [0.2, 0.25) is 0 Å². The zero-order valence-electron chi connectivity index (χ0n) is 8.80. The van der Waals surface area contributed by atoms with Crippen molar-refractivity contribution < 1.29 is 4.74 Å². The highest BCUT2D eigenvalue weighted by Crippen LogP contribution is 2.13. The van der Waals surface area contributed by atoms with Crippen LogP contribution >= 0.6 is 15.9 Å². The summed E-state index contributed by atoms with van der Waals surface area (Å²) in [4.78, 5) is 8.17. The highest BCUT2D eigenvalue weighted by Gasteiger charge is 1.99. The molecule has 0 spiro atoms. The molecule has 0 saturated carbocycles. The van der Waals surface area contributed by atoms with Gasteiger partial charge < -0.3 is 4.74 Å². The lowest BCUT2D eigenvalue weighted by molar-refractivity contribution is 0.289. The van der Waals surface area contributed by atoms with Gasteiger partial charge in [-0.05, 0) is 34.1 Å². The van der Waals surface area contributed by atoms with E-state index in [0.717, 1.165) is 4.47 Å². The first-order valence-electron chi connectivity index (χ1n) is 4.88. The fraction of sp³-hybridized carbons (Fsp3) is 0.0833. The van der Waals surface area contributed by atoms with E-state index in [-0.39, 0.29) is 0 Å². The maximum Gasteiger partial charge on any atom is 0.213 e. The number of pyridine rings is 2. The molecule has 0 radical (unpaired) electrons. The van der Waals surface area contributed by atoms with E-state index < -0.39 is 0 Å². The first-order chi connectivity index (χ1) is 8.28. The molecule has 0 saturated heterocycles. The molecule has 2 heterocycles. The number of aromatic nitrogens is 2. The van der Waals surface area contributed by atoms with Crippen molar-refractivity contribution in [3.63, 3.8) is 0 Å². The van der Waals surface area contributed by atoms with Crippen molar-refractivity contribution in [3.05, 3.63) is 52.4 Å². The van der Waals surface area contributed by atoms with Crippen LogP contribution in [-0.2, 0) is 6.61 Å². The number of ether oxygens (including phenoxy) is 1. The van der Waals surface area contributed by atoms with Gasteiger partial charge in [-0.3, -0.25) is 0 Å². The van der Waals surface area contributed by atoms with Gasteiger partial charge in [0.1, 0.15) is 18.4 Å². The third kappa shape index (κ3) is 3.26. The summed E-state index contributed by atoms with van der Waals surface area (Å²) in [6.45, 7) is 0.296. The predicted molar refractivity (Wildman–Crippen MR) is 65.2 cm³/mol. The zero-order valence-corrected chi connectivity index (χ0v) is 10.4. The summed E-state index contributed by atoms with van der Waals surface area (Å²) in [7, 11) is 0. The van der Waals surface area contributed by atoms with Crippen LogP contribution in [0.3, 0.4) is 0 Å². The van der Waals surface area contributed by atoms with Gasteiger partial charge in [-0.2, -0.15) is 5.26 Å². The van der Waals surface area contributed by atoms with Crippen LogP contribution in [0.15, 0.2) is 41.0 Å². The quantitative estimate of drug-likeness (QED) is 0.872. The Morgan fingerprint density at radius 1 is 1.29 bits per heavy atom. The second-order valence-corrected chi connectivity index (χ2v) is 4.14. The molecule has 84 valence electrons. The molecule has 2 aromatic heterocycles. The Bertz CT molecular complexity index is 548. The molecule has 0 fully saturated rings. The number of nitriles is 1. The van der Waals surface area contributed by atoms with Crippen LogP contribution in [-0.4, -0.2) is 9.97 Å². The highest BCUT2D eigenvalue weighted by atomic mass is 79.9. The van der Waals surface area contributed by atoms with Crippen molar-refractivity contribution in [3.8, 4) is 11.9 Å². The van der Waals surface area contributed by atoms with Gasteiger partial charge in [-0.15, -0.1) is 0 Å². The number of rotatable bonds is 3. The van der Waals surface area contributed by atoms with Crippen molar-refractivity contribution in [1.82, 2.24) is 9.97 Å². The highest BCUT2D eigenvalue weighted by molar-refractivity contribution is 9.10. The molecule has 4 nitrogen and oxygen atoms in total. The van der Waals surface area contributed by atoms with E-state index in [1.54, 1.807) is 30.5 Å². The molecule has 2 aromatic rings. The second-order valence-electron chi connectivity index (χ2n) is 3.23. The van der Waals surface area contributed by atoms with Gasteiger partial charge in [0.05, 0.1) is 5.69 Å². The summed E-state index contributed by atoms with van der Waals surface area (Å²) in [6.07, 6.45) is 1.66. The van der Waals surface area contributed by atoms with Crippen LogP contribution in [0.4, 0.5) is 0 Å². The van der Waals surface area contributed by atoms with Crippen LogP contribution in [0, 0.1) is 11.3 Å². The first-order valence-corrected chi connectivity index (χ1v) is 5.67. The number of hydrogen-bond donors (Lipinski definition) is 0. The zero-order chi connectivity index (χ0) is 12.1. The summed E-state index contributed by atoms with van der Waals surface area (Å²) >= 11 is 3.29. The van der Waals surface area contributed by atoms with E-state index in [1.165, 1.54) is 0 Å². The van der Waals surface area contributed by atoms with Crippen LogP contribution in [0.5, 0.6) is 5.88 Å². The number of nitrogens with zero attached hydrogens (tertiary/aromatic N) is 3. The lowest BCUT2D eigenvalue weighted by Gasteiger charge is -2.04. The fourth-order valence-electron chi connectivity index (χ4n) is 1.22. The van der Waals surface area contributed by atoms with E-state index in [9.17, 15) is 0 Å². The second kappa shape index (κ2) is 5.41. The van der Waals surface area contributed by atoms with Gasteiger partial charge in [-0.1, -0.05) is 6.07 Å². The summed E-state index contributed by atoms with van der Waals surface area (Å²) in [5, 5.41) is 8.71. The maximum absolute atomic E-state index is 8.71. The monoisotopic (exact) mass is 289 g/mol. The lowest BCUT2D eigenvalue weighted by atomic mass is 10.3. The molecule has 0 aliphatic heterocycles. The molecule has 2 rings (SSSR count). The van der Waals surface area contributed by atoms with Crippen molar-refractivity contribution in [2.24, 2.45) is 0 Å². The summed E-state index contributed by atoms with van der Waals surface area (Å²) in [6, 6.07) is 10.8. The van der Waals surface area contributed by atoms with Crippen molar-refractivity contribution in [1.29, 1.82) is 5.26 Å². The van der Waals surface area contributed by atoms with E-state index in [1.807, 2.05) is 12.1 Å². The standard InChI is InChI=1S/C12H8BrN3O/c13-9-4-5-12(15-7-9)17-8-11-3-1-2-10(6-14)16-11/h1-5,7H,8H2. The van der Waals surface area contributed by atoms with Crippen LogP contribution < -0.4 is 4.74 Å². The van der Waals surface area contributed by atoms with Gasteiger partial charge in [-0.25, -0.2) is 9.97 Å². The molecule has 0 aromatic carbocycles. The maximum atomic E-state index is 8.71. The minimum absolute atomic E-state index is 0.296. The molecule has 0 atom stereocenters. The minimum Gasteiger partial charge on any atom is -0.471 e. The molecule has 17 heavy (non-hydrogen) atoms. The van der Waals surface area contributed by atoms with Gasteiger partial charge in [0.15, 0.2) is 0 Å². The van der Waals surface area contributed by atoms with Crippen LogP contribution in [0.1, 0.15) is 11.4 Å². The Hall–Kier alpha value is -1.93. The van der Waals surface area contributed by atoms with Gasteiger partial charge in [0.25, 0.3) is 0 Å². The summed E-state index contributed by atoms with van der Waals surface area (Å²) in [5.74, 6) is 0.525. The third-order valence-corrected chi connectivity index (χ3v) is 2.46. The van der Waals surface area contributed by atoms with E-state index in [2.05, 4.69) is 25.9 Å². The van der Waals surface area contributed by atoms with Crippen molar-refractivity contribution in [2.45, 2.75) is 6.61 Å². The van der Waals surface area contributed by atoms with Gasteiger partial charge >= 0.3 is 0 Å².